The second-order valence-corrected chi connectivity index (χ2v) is 4.44. The average molecular weight is 289 g/mol. The first-order valence-corrected chi connectivity index (χ1v) is 5.70. The molecule has 0 amide bonds. The minimum Gasteiger partial charge on any atom is -0.320 e. The van der Waals surface area contributed by atoms with Crippen molar-refractivity contribution in [2.45, 2.75) is 6.04 Å². The molecule has 18 heavy (non-hydrogen) atoms. The van der Waals surface area contributed by atoms with Crippen LogP contribution in [-0.4, -0.2) is 4.92 Å². The van der Waals surface area contributed by atoms with Crippen molar-refractivity contribution in [1.29, 1.82) is 0 Å². The summed E-state index contributed by atoms with van der Waals surface area (Å²) in [4.78, 5) is 10.8. The number of halogens is 2. The zero-order valence-corrected chi connectivity index (χ0v) is 10.7. The van der Waals surface area contributed by atoms with Crippen LogP contribution in [0.25, 0.3) is 0 Å². The monoisotopic (exact) mass is 288 g/mol. The van der Waals surface area contributed by atoms with Gasteiger partial charge in [-0.15, -0.1) is 23.7 Å². The smallest absolute Gasteiger partial charge is 0.269 e. The zero-order chi connectivity index (χ0) is 12.4. The molecule has 0 unspecified atom stereocenters. The van der Waals surface area contributed by atoms with Gasteiger partial charge in [0.2, 0.25) is 0 Å². The molecule has 0 bridgehead atoms. The molecule has 1 heterocycles. The van der Waals surface area contributed by atoms with E-state index in [-0.39, 0.29) is 23.7 Å². The molecule has 7 heteroatoms. The van der Waals surface area contributed by atoms with Gasteiger partial charge in [0.05, 0.1) is 11.0 Å². The third-order valence-electron chi connectivity index (χ3n) is 2.38. The van der Waals surface area contributed by atoms with E-state index >= 15 is 0 Å². The highest BCUT2D eigenvalue weighted by molar-refractivity contribution is 7.10. The largest absolute Gasteiger partial charge is 0.320 e. The lowest BCUT2D eigenvalue weighted by atomic mass is 10.0. The highest BCUT2D eigenvalue weighted by Gasteiger charge is 2.18. The molecule has 0 radical (unpaired) electrons. The number of nitrogens with two attached hydrogens (primary N) is 1. The van der Waals surface area contributed by atoms with Crippen LogP contribution in [0.3, 0.4) is 0 Å². The highest BCUT2D eigenvalue weighted by atomic mass is 35.5. The Labute approximate surface area is 113 Å². The molecule has 1 atom stereocenters. The van der Waals surface area contributed by atoms with E-state index in [1.54, 1.807) is 12.1 Å². The minimum absolute atomic E-state index is 0. The Hall–Kier alpha value is -1.50. The molecule has 0 fully saturated rings. The number of hydrogen-bond donors (Lipinski definition) is 1. The summed E-state index contributed by atoms with van der Waals surface area (Å²) in [5.41, 5.74) is 5.86. The van der Waals surface area contributed by atoms with Crippen molar-refractivity contribution in [2.24, 2.45) is 5.73 Å². The van der Waals surface area contributed by atoms with Crippen LogP contribution >= 0.6 is 23.7 Å². The van der Waals surface area contributed by atoms with E-state index < -0.39 is 16.8 Å². The Morgan fingerprint density at radius 3 is 2.67 bits per heavy atom. The van der Waals surface area contributed by atoms with Gasteiger partial charge in [0, 0.05) is 22.6 Å². The molecule has 0 spiro atoms. The Morgan fingerprint density at radius 2 is 2.11 bits per heavy atom. The van der Waals surface area contributed by atoms with E-state index in [9.17, 15) is 14.5 Å². The molecular formula is C11H10ClFN2O2S. The molecule has 0 saturated heterocycles. The lowest BCUT2D eigenvalue weighted by Gasteiger charge is -2.10. The van der Waals surface area contributed by atoms with Crippen molar-refractivity contribution in [3.8, 4) is 0 Å². The summed E-state index contributed by atoms with van der Waals surface area (Å²) in [5.74, 6) is -0.531. The summed E-state index contributed by atoms with van der Waals surface area (Å²) in [5, 5.41) is 12.4. The van der Waals surface area contributed by atoms with Crippen LogP contribution in [0.5, 0.6) is 0 Å². The Bertz CT molecular complexity index is 548. The topological polar surface area (TPSA) is 69.2 Å². The van der Waals surface area contributed by atoms with Crippen molar-refractivity contribution in [3.05, 3.63) is 62.1 Å². The van der Waals surface area contributed by atoms with Gasteiger partial charge in [-0.05, 0) is 17.5 Å². The fraction of sp³-hybridized carbons (Fsp3) is 0.0909. The second-order valence-electron chi connectivity index (χ2n) is 3.46. The van der Waals surface area contributed by atoms with E-state index in [0.29, 0.717) is 0 Å². The van der Waals surface area contributed by atoms with Crippen LogP contribution in [0.2, 0.25) is 0 Å². The standard InChI is InChI=1S/C11H9FN2O2S.ClH/c12-9-4-3-7(14(15)16)6-8(9)11(13)10-2-1-5-17-10;/h1-6,11H,13H2;1H/t11-;/m1./s1. The number of nitrogens with zero attached hydrogens (tertiary/aromatic N) is 1. The molecular weight excluding hydrogens is 279 g/mol. The third-order valence-corrected chi connectivity index (χ3v) is 3.33. The quantitative estimate of drug-likeness (QED) is 0.696. The van der Waals surface area contributed by atoms with E-state index in [0.717, 1.165) is 17.0 Å². The first-order valence-electron chi connectivity index (χ1n) is 4.82. The first-order chi connectivity index (χ1) is 8.09. The average Bonchev–Trinajstić information content (AvgIpc) is 2.81. The Balaban J connectivity index is 0.00000162. The maximum absolute atomic E-state index is 13.6. The molecule has 0 aliphatic heterocycles. The Morgan fingerprint density at radius 1 is 1.39 bits per heavy atom. The predicted molar refractivity (Wildman–Crippen MR) is 70.7 cm³/mol. The van der Waals surface area contributed by atoms with Crippen molar-refractivity contribution >= 4 is 29.4 Å². The van der Waals surface area contributed by atoms with Gasteiger partial charge in [0.1, 0.15) is 5.82 Å². The fourth-order valence-electron chi connectivity index (χ4n) is 1.50. The highest BCUT2D eigenvalue weighted by Crippen LogP contribution is 2.28. The molecule has 1 aromatic heterocycles. The fourth-order valence-corrected chi connectivity index (χ4v) is 2.25. The molecule has 0 saturated carbocycles. The van der Waals surface area contributed by atoms with Gasteiger partial charge < -0.3 is 5.73 Å². The van der Waals surface area contributed by atoms with Crippen molar-refractivity contribution in [1.82, 2.24) is 0 Å². The van der Waals surface area contributed by atoms with Gasteiger partial charge in [-0.3, -0.25) is 10.1 Å². The van der Waals surface area contributed by atoms with E-state index in [1.807, 2.05) is 5.38 Å². The van der Waals surface area contributed by atoms with Gasteiger partial charge in [-0.1, -0.05) is 6.07 Å². The normalized spacial score (nSPS) is 11.7. The second kappa shape index (κ2) is 5.90. The van der Waals surface area contributed by atoms with Crippen molar-refractivity contribution < 1.29 is 9.31 Å². The SMILES string of the molecule is Cl.N[C@@H](c1cccs1)c1cc([N+](=O)[O-])ccc1F. The van der Waals surface area contributed by atoms with Gasteiger partial charge in [-0.2, -0.15) is 0 Å². The third kappa shape index (κ3) is 2.84. The number of nitro benzene ring substituents is 1. The molecule has 2 rings (SSSR count). The first kappa shape index (κ1) is 14.6. The Kier molecular flexibility index (Phi) is 4.77. The number of hydrogen-bond acceptors (Lipinski definition) is 4. The van der Waals surface area contributed by atoms with E-state index in [1.165, 1.54) is 17.4 Å². The molecule has 1 aromatic carbocycles. The summed E-state index contributed by atoms with van der Waals surface area (Å²) >= 11 is 1.39. The summed E-state index contributed by atoms with van der Waals surface area (Å²) < 4.78 is 13.6. The van der Waals surface area contributed by atoms with Crippen LogP contribution in [0.4, 0.5) is 10.1 Å². The molecule has 2 aromatic rings. The number of nitro groups is 1. The van der Waals surface area contributed by atoms with E-state index in [4.69, 9.17) is 5.73 Å². The van der Waals surface area contributed by atoms with Crippen LogP contribution < -0.4 is 5.73 Å². The molecule has 2 N–H and O–H groups in total. The lowest BCUT2D eigenvalue weighted by molar-refractivity contribution is -0.385. The maximum atomic E-state index is 13.6. The van der Waals surface area contributed by atoms with Crippen molar-refractivity contribution in [2.75, 3.05) is 0 Å². The number of rotatable bonds is 3. The summed E-state index contributed by atoms with van der Waals surface area (Å²) in [6.45, 7) is 0. The predicted octanol–water partition coefficient (Wildman–Crippen LogP) is 3.27. The molecule has 0 aliphatic carbocycles. The van der Waals surface area contributed by atoms with Crippen LogP contribution in [0, 0.1) is 15.9 Å². The zero-order valence-electron chi connectivity index (χ0n) is 9.08. The summed E-state index contributed by atoms with van der Waals surface area (Å²) in [6, 6.07) is 6.28. The van der Waals surface area contributed by atoms with Gasteiger partial charge in [-0.25, -0.2) is 4.39 Å². The summed E-state index contributed by atoms with van der Waals surface area (Å²) in [6.07, 6.45) is 0. The number of thiophene rings is 1. The van der Waals surface area contributed by atoms with Crippen LogP contribution in [0.1, 0.15) is 16.5 Å². The molecule has 0 aliphatic rings. The summed E-state index contributed by atoms with van der Waals surface area (Å²) in [7, 11) is 0. The maximum Gasteiger partial charge on any atom is 0.269 e. The van der Waals surface area contributed by atoms with Gasteiger partial charge in [0.15, 0.2) is 0 Å². The van der Waals surface area contributed by atoms with Crippen molar-refractivity contribution in [3.63, 3.8) is 0 Å². The van der Waals surface area contributed by atoms with E-state index in [2.05, 4.69) is 0 Å². The number of non-ortho nitro benzene ring substituents is 1. The van der Waals surface area contributed by atoms with Gasteiger partial charge >= 0.3 is 0 Å². The van der Waals surface area contributed by atoms with Gasteiger partial charge in [0.25, 0.3) is 5.69 Å². The van der Waals surface area contributed by atoms with Crippen LogP contribution in [-0.2, 0) is 0 Å². The van der Waals surface area contributed by atoms with Crippen LogP contribution in [0.15, 0.2) is 35.7 Å². The minimum atomic E-state index is -0.671. The molecule has 4 nitrogen and oxygen atoms in total. The lowest BCUT2D eigenvalue weighted by Crippen LogP contribution is -2.12. The number of benzene rings is 1. The molecule has 96 valence electrons.